The summed E-state index contributed by atoms with van der Waals surface area (Å²) in [5.41, 5.74) is 5.98. The Labute approximate surface area is 388 Å². The molecule has 2 fully saturated rings. The van der Waals surface area contributed by atoms with E-state index in [1.807, 2.05) is 58.2 Å². The quantitative estimate of drug-likeness (QED) is 0.0708. The number of ether oxygens (including phenoxy) is 2. The van der Waals surface area contributed by atoms with E-state index in [9.17, 15) is 19.8 Å². The molecular formula is C51H52Cl2N6O6. The molecule has 0 atom stereocenters. The summed E-state index contributed by atoms with van der Waals surface area (Å²) in [6.07, 6.45) is 22.0. The highest BCUT2D eigenvalue weighted by molar-refractivity contribution is 6.32. The zero-order chi connectivity index (χ0) is 45.5. The van der Waals surface area contributed by atoms with E-state index < -0.39 is 11.6 Å². The first-order valence-electron chi connectivity index (χ1n) is 22.2. The van der Waals surface area contributed by atoms with Crippen LogP contribution < -0.4 is 9.47 Å². The van der Waals surface area contributed by atoms with Crippen LogP contribution in [-0.2, 0) is 19.6 Å². The molecule has 0 unspecified atom stereocenters. The molecule has 0 saturated heterocycles. The maximum absolute atomic E-state index is 13.4. The predicted molar refractivity (Wildman–Crippen MR) is 251 cm³/mol. The van der Waals surface area contributed by atoms with Crippen molar-refractivity contribution in [2.45, 2.75) is 110 Å². The number of hydrogen-bond acceptors (Lipinski definition) is 10. The van der Waals surface area contributed by atoms with E-state index in [1.54, 1.807) is 26.0 Å². The van der Waals surface area contributed by atoms with E-state index in [1.165, 1.54) is 74.9 Å². The minimum absolute atomic E-state index is 0.0886. The molecule has 2 heterocycles. The fourth-order valence-electron chi connectivity index (χ4n) is 8.52. The Morgan fingerprint density at radius 2 is 1.05 bits per heavy atom. The van der Waals surface area contributed by atoms with E-state index in [0.717, 1.165) is 36.8 Å². The van der Waals surface area contributed by atoms with Gasteiger partial charge in [-0.1, -0.05) is 84.3 Å². The number of carbonyl (C=O) groups is 2. The summed E-state index contributed by atoms with van der Waals surface area (Å²) in [7, 11) is 0. The Bertz CT molecular complexity index is 2560. The van der Waals surface area contributed by atoms with E-state index in [0.29, 0.717) is 73.7 Å². The van der Waals surface area contributed by atoms with Crippen molar-refractivity contribution in [1.29, 1.82) is 0 Å². The van der Waals surface area contributed by atoms with Gasteiger partial charge in [-0.15, -0.1) is 10.2 Å². The minimum atomic E-state index is -0.421. The Hall–Kier alpha value is -6.24. The van der Waals surface area contributed by atoms with Crippen molar-refractivity contribution < 1.29 is 29.3 Å². The second-order valence-electron chi connectivity index (χ2n) is 17.1. The van der Waals surface area contributed by atoms with Gasteiger partial charge in [0, 0.05) is 21.2 Å². The lowest BCUT2D eigenvalue weighted by molar-refractivity contribution is 0.103. The number of nitrogens with zero attached hydrogens (tertiary/aromatic N) is 6. The van der Waals surface area contributed by atoms with Gasteiger partial charge in [0.2, 0.25) is 0 Å². The van der Waals surface area contributed by atoms with Crippen LogP contribution in [0.25, 0.3) is 12.2 Å². The Morgan fingerprint density at radius 3 is 1.46 bits per heavy atom. The monoisotopic (exact) mass is 914 g/mol. The minimum Gasteiger partial charge on any atom is -0.507 e. The smallest absolute Gasteiger partial charge is 0.189 e. The van der Waals surface area contributed by atoms with Crippen LogP contribution in [0.4, 0.5) is 0 Å². The first kappa shape index (κ1) is 45.3. The zero-order valence-electron chi connectivity index (χ0n) is 36.6. The van der Waals surface area contributed by atoms with Gasteiger partial charge in [-0.2, -0.15) is 0 Å². The summed E-state index contributed by atoms with van der Waals surface area (Å²) < 4.78 is 16.5. The van der Waals surface area contributed by atoms with Crippen molar-refractivity contribution in [3.05, 3.63) is 151 Å². The lowest BCUT2D eigenvalue weighted by Crippen LogP contribution is -2.13. The van der Waals surface area contributed by atoms with Crippen LogP contribution in [0.1, 0.15) is 142 Å². The van der Waals surface area contributed by atoms with Crippen LogP contribution in [-0.4, -0.2) is 51.8 Å². The highest BCUT2D eigenvalue weighted by atomic mass is 35.5. The second-order valence-corrected chi connectivity index (χ2v) is 17.9. The van der Waals surface area contributed by atoms with Crippen molar-refractivity contribution in [3.63, 3.8) is 0 Å². The molecule has 8 rings (SSSR count). The molecule has 2 N–H and O–H groups in total. The summed E-state index contributed by atoms with van der Waals surface area (Å²) in [5, 5.41) is 39.5. The van der Waals surface area contributed by atoms with Crippen molar-refractivity contribution in [3.8, 4) is 23.0 Å². The molecule has 65 heavy (non-hydrogen) atoms. The number of phenols is 2. The van der Waals surface area contributed by atoms with E-state index in [4.69, 9.17) is 32.7 Å². The molecule has 0 spiro atoms. The number of phenolic OH excluding ortho intramolecular Hbond substituents is 2. The third-order valence-corrected chi connectivity index (χ3v) is 13.0. The molecule has 2 aliphatic carbocycles. The fraction of sp³-hybridized carbons (Fsp3) is 0.333. The van der Waals surface area contributed by atoms with Gasteiger partial charge in [0.05, 0.1) is 35.6 Å². The molecule has 0 bridgehead atoms. The van der Waals surface area contributed by atoms with Gasteiger partial charge in [-0.05, 0) is 141 Å². The van der Waals surface area contributed by atoms with E-state index in [2.05, 4.69) is 20.6 Å². The lowest BCUT2D eigenvalue weighted by atomic mass is 9.96. The molecular weight excluding hydrogens is 864 g/mol. The Kier molecular flexibility index (Phi) is 14.5. The number of carbonyl (C=O) groups excluding carboxylic acids is 2. The maximum Gasteiger partial charge on any atom is 0.189 e. The zero-order valence-corrected chi connectivity index (χ0v) is 38.1. The summed E-state index contributed by atoms with van der Waals surface area (Å²) in [6, 6.07) is 18.1. The normalized spacial score (nSPS) is 15.0. The van der Waals surface area contributed by atoms with Gasteiger partial charge in [0.25, 0.3) is 0 Å². The highest BCUT2D eigenvalue weighted by Gasteiger charge is 2.20. The molecule has 12 nitrogen and oxygen atoms in total. The first-order chi connectivity index (χ1) is 31.5. The average Bonchev–Trinajstić information content (AvgIpc) is 4.00. The van der Waals surface area contributed by atoms with Crippen LogP contribution in [0, 0.1) is 13.8 Å². The van der Waals surface area contributed by atoms with E-state index in [-0.39, 0.29) is 35.8 Å². The van der Waals surface area contributed by atoms with Gasteiger partial charge < -0.3 is 19.7 Å². The van der Waals surface area contributed by atoms with Crippen molar-refractivity contribution in [2.24, 2.45) is 0 Å². The molecule has 14 heteroatoms. The number of aromatic hydroxyl groups is 2. The SMILES string of the molecule is Cc1cc(O)c(C(=O)/C=C/c2cc(Cc3ccc(OCc4cn(C5CCCCC5)nn4)c(/C=C/C(=O)c4cc(Cl)c(C)cc4O)c3)ccc2OCc2cn(C3CCCCC3)nn2)cc1Cl. The number of aromatic nitrogens is 6. The Balaban J connectivity index is 1.06. The van der Waals surface area contributed by atoms with Crippen LogP contribution >= 0.6 is 23.2 Å². The molecule has 2 aliphatic rings. The summed E-state index contributed by atoms with van der Waals surface area (Å²) in [4.78, 5) is 26.8. The standard InChI is InChI=1S/C51H52Cl2N6O6/c1-32-21-48(62)42(26-44(32)52)46(60)17-15-36-24-34(13-19-50(36)64-30-38-28-58(56-54-38)40-9-5-3-6-10-40)23-35-14-20-51(65-31-39-29-59(57-55-39)41-11-7-4-8-12-41)37(25-35)16-18-47(61)43-27-45(53)33(2)22-49(43)63/h13-22,24-29,40-41,62-63H,3-12,23,30-31H2,1-2H3/b17-15+,18-16+. The summed E-state index contributed by atoms with van der Waals surface area (Å²) >= 11 is 12.7. The van der Waals surface area contributed by atoms with Gasteiger partial charge in [-0.3, -0.25) is 9.59 Å². The second kappa shape index (κ2) is 20.7. The largest absolute Gasteiger partial charge is 0.507 e. The van der Waals surface area contributed by atoms with Crippen LogP contribution in [0.5, 0.6) is 23.0 Å². The highest BCUT2D eigenvalue weighted by Crippen LogP contribution is 2.33. The van der Waals surface area contributed by atoms with Crippen LogP contribution in [0.15, 0.2) is 85.2 Å². The number of benzene rings is 4. The predicted octanol–water partition coefficient (Wildman–Crippen LogP) is 11.8. The number of halogens is 2. The first-order valence-corrected chi connectivity index (χ1v) is 23.0. The molecule has 0 amide bonds. The molecule has 2 saturated carbocycles. The fourth-order valence-corrected chi connectivity index (χ4v) is 8.85. The van der Waals surface area contributed by atoms with Crippen LogP contribution in [0.2, 0.25) is 10.0 Å². The molecule has 336 valence electrons. The molecule has 0 radical (unpaired) electrons. The summed E-state index contributed by atoms with van der Waals surface area (Å²) in [6.45, 7) is 3.87. The number of ketones is 2. The lowest BCUT2D eigenvalue weighted by Gasteiger charge is -2.20. The summed E-state index contributed by atoms with van der Waals surface area (Å²) in [5.74, 6) is -0.0935. The average molecular weight is 916 g/mol. The van der Waals surface area contributed by atoms with Crippen molar-refractivity contribution in [2.75, 3.05) is 0 Å². The number of hydrogen-bond donors (Lipinski definition) is 2. The van der Waals surface area contributed by atoms with E-state index >= 15 is 0 Å². The molecule has 2 aromatic heterocycles. The third kappa shape index (κ3) is 11.4. The molecule has 6 aromatic rings. The van der Waals surface area contributed by atoms with Gasteiger partial charge in [0.1, 0.15) is 47.6 Å². The Morgan fingerprint density at radius 1 is 0.631 bits per heavy atom. The van der Waals surface area contributed by atoms with Gasteiger partial charge in [0.15, 0.2) is 11.6 Å². The van der Waals surface area contributed by atoms with Gasteiger partial charge in [-0.25, -0.2) is 9.36 Å². The molecule has 4 aromatic carbocycles. The topological polar surface area (TPSA) is 154 Å². The van der Waals surface area contributed by atoms with Crippen molar-refractivity contribution >= 4 is 46.9 Å². The number of rotatable bonds is 16. The van der Waals surface area contributed by atoms with Crippen LogP contribution in [0.3, 0.4) is 0 Å². The number of allylic oxidation sites excluding steroid dienone is 2. The van der Waals surface area contributed by atoms with Gasteiger partial charge >= 0.3 is 0 Å². The molecule has 0 aliphatic heterocycles. The third-order valence-electron chi connectivity index (χ3n) is 12.2. The van der Waals surface area contributed by atoms with Crippen molar-refractivity contribution in [1.82, 2.24) is 30.0 Å². The number of aryl methyl sites for hydroxylation is 2. The maximum atomic E-state index is 13.4.